The molecule has 1 saturated carbocycles. The van der Waals surface area contributed by atoms with Crippen LogP contribution in [0.4, 0.5) is 29.1 Å². The first-order chi connectivity index (χ1) is 45.5. The van der Waals surface area contributed by atoms with Gasteiger partial charge in [0.1, 0.15) is 30.0 Å². The van der Waals surface area contributed by atoms with Crippen molar-refractivity contribution in [2.45, 2.75) is 96.4 Å². The molecule has 0 aliphatic heterocycles. The molecule has 1 aliphatic carbocycles. The number of esters is 1. The van der Waals surface area contributed by atoms with Gasteiger partial charge in [-0.2, -0.15) is 0 Å². The van der Waals surface area contributed by atoms with Gasteiger partial charge >= 0.3 is 5.97 Å². The normalized spacial score (nSPS) is 12.0. The molecule has 9 aromatic rings. The number of benzene rings is 6. The highest BCUT2D eigenvalue weighted by atomic mass is 35.5. The zero-order valence-corrected chi connectivity index (χ0v) is 59.1. The first-order valence-corrected chi connectivity index (χ1v) is 33.3. The molecule has 3 aromatic heterocycles. The van der Waals surface area contributed by atoms with E-state index in [0.29, 0.717) is 98.6 Å². The van der Waals surface area contributed by atoms with Crippen molar-refractivity contribution in [1.82, 2.24) is 35.2 Å². The van der Waals surface area contributed by atoms with Crippen LogP contribution >= 0.6 is 69.6 Å². The molecule has 0 bridgehead atoms. The number of carbonyl (C=O) groups is 3. The molecule has 0 radical (unpaired) electrons. The minimum Gasteiger partial charge on any atom is -0.461 e. The van der Waals surface area contributed by atoms with Crippen LogP contribution in [-0.2, 0) is 64.3 Å². The molecular weight excluding hydrogens is 1320 g/mol. The second-order valence-electron chi connectivity index (χ2n) is 23.9. The second kappa shape index (κ2) is 34.7. The van der Waals surface area contributed by atoms with Crippen LogP contribution in [0.2, 0.25) is 30.1 Å². The van der Waals surface area contributed by atoms with Gasteiger partial charge in [0.15, 0.2) is 23.3 Å². The summed E-state index contributed by atoms with van der Waals surface area (Å²) in [5.74, 6) is 3.12. The van der Waals surface area contributed by atoms with E-state index in [2.05, 4.69) is 32.4 Å². The van der Waals surface area contributed by atoms with Gasteiger partial charge in [0.2, 0.25) is 0 Å². The Morgan fingerprint density at radius 2 is 0.916 bits per heavy atom. The number of aromatic nitrogens is 6. The number of ether oxygens (including phenoxy) is 1. The standard InChI is InChI=1S/C29H34Cl2N4O2.2C22H22Cl2N4O/c1-29(2,28(36)37-21-9-3-4-10-21)34-16-15-19-7-5-8-20(17-19)26-18-33-27(32)25(35-26)14-13-22-23(30)11-6-12-24(22)31;2*1-27(2)21-22(28(3)14-17-18(23)8-5-9-19(17)24)26-20(13-25-21)16-7-4-6-15(12-16)10-11-29/h5-8,11-12,17-18,21,34H,3-4,9-10,13-16H2,1-2H3,(H2,32,33);2*4-9,11-13H,10,14H2,1-3H3. The van der Waals surface area contributed by atoms with Crippen LogP contribution in [0, 0.1) is 0 Å². The molecule has 22 heteroatoms. The van der Waals surface area contributed by atoms with Gasteiger partial charge in [0.25, 0.3) is 0 Å². The average Bonchev–Trinajstić information content (AvgIpc) is 0.994. The average molecular weight is 1400 g/mol. The summed E-state index contributed by atoms with van der Waals surface area (Å²) in [7, 11) is 11.6. The van der Waals surface area contributed by atoms with E-state index >= 15 is 0 Å². The quantitative estimate of drug-likeness (QED) is 0.0429. The monoisotopic (exact) mass is 1400 g/mol. The molecule has 1 fully saturated rings. The number of carbonyl (C=O) groups excluding carboxylic acids is 3. The fourth-order valence-electron chi connectivity index (χ4n) is 10.6. The number of nitrogens with zero attached hydrogens (tertiary/aromatic N) is 10. The number of hydrogen-bond acceptors (Lipinski definition) is 16. The van der Waals surface area contributed by atoms with E-state index in [4.69, 9.17) is 95.0 Å². The van der Waals surface area contributed by atoms with Gasteiger partial charge in [-0.05, 0) is 136 Å². The fourth-order valence-corrected chi connectivity index (χ4v) is 12.2. The van der Waals surface area contributed by atoms with Gasteiger partial charge in [-0.15, -0.1) is 0 Å². The van der Waals surface area contributed by atoms with E-state index < -0.39 is 5.54 Å². The largest absolute Gasteiger partial charge is 0.461 e. The Hall–Kier alpha value is -7.93. The highest BCUT2D eigenvalue weighted by molar-refractivity contribution is 6.37. The van der Waals surface area contributed by atoms with Gasteiger partial charge < -0.3 is 45.0 Å². The third kappa shape index (κ3) is 20.1. The van der Waals surface area contributed by atoms with Gasteiger partial charge in [-0.1, -0.05) is 142 Å². The third-order valence-electron chi connectivity index (χ3n) is 15.9. The molecule has 10 rings (SSSR count). The van der Waals surface area contributed by atoms with Crippen molar-refractivity contribution >= 4 is 117 Å². The number of nitrogens with one attached hydrogen (secondary N) is 1. The molecule has 1 aliphatic rings. The number of halogens is 6. The van der Waals surface area contributed by atoms with Crippen LogP contribution in [0.3, 0.4) is 0 Å². The Balaban J connectivity index is 0.000000185. The highest BCUT2D eigenvalue weighted by Gasteiger charge is 2.32. The lowest BCUT2D eigenvalue weighted by Gasteiger charge is -2.26. The van der Waals surface area contributed by atoms with Crippen molar-refractivity contribution in [3.8, 4) is 33.8 Å². The van der Waals surface area contributed by atoms with E-state index in [1.165, 1.54) is 0 Å². The van der Waals surface area contributed by atoms with Crippen molar-refractivity contribution < 1.29 is 19.1 Å². The molecule has 3 N–H and O–H groups in total. The molecule has 0 amide bonds. The van der Waals surface area contributed by atoms with Gasteiger partial charge in [0.05, 0.1) is 41.4 Å². The lowest BCUT2D eigenvalue weighted by molar-refractivity contribution is -0.155. The molecule has 16 nitrogen and oxygen atoms in total. The molecule has 95 heavy (non-hydrogen) atoms. The van der Waals surface area contributed by atoms with Crippen molar-refractivity contribution in [1.29, 1.82) is 0 Å². The van der Waals surface area contributed by atoms with Crippen molar-refractivity contribution in [3.05, 3.63) is 215 Å². The second-order valence-corrected chi connectivity index (χ2v) is 26.4. The topological polar surface area (TPSA) is 189 Å². The third-order valence-corrected chi connectivity index (χ3v) is 18.0. The molecule has 0 atom stereocenters. The summed E-state index contributed by atoms with van der Waals surface area (Å²) in [6.45, 7) is 5.38. The van der Waals surface area contributed by atoms with E-state index in [1.54, 1.807) is 18.6 Å². The van der Waals surface area contributed by atoms with Crippen LogP contribution in [0.1, 0.15) is 78.6 Å². The predicted octanol–water partition coefficient (Wildman–Crippen LogP) is 16.0. The maximum absolute atomic E-state index is 12.6. The Morgan fingerprint density at radius 3 is 1.35 bits per heavy atom. The minimum atomic E-state index is -0.734. The van der Waals surface area contributed by atoms with Gasteiger partial charge in [0, 0.05) is 133 Å². The number of aryl methyl sites for hydroxylation is 1. The van der Waals surface area contributed by atoms with E-state index in [9.17, 15) is 14.4 Å². The smallest absolute Gasteiger partial charge is 0.326 e. The number of hydrogen-bond donors (Lipinski definition) is 2. The van der Waals surface area contributed by atoms with Crippen molar-refractivity contribution in [2.75, 3.05) is 74.2 Å². The fraction of sp³-hybridized carbons (Fsp3) is 0.301. The Bertz CT molecular complexity index is 3890. The Labute approximate surface area is 587 Å². The highest BCUT2D eigenvalue weighted by Crippen LogP contribution is 2.35. The van der Waals surface area contributed by atoms with Crippen LogP contribution in [0.5, 0.6) is 0 Å². The molecule has 3 heterocycles. The van der Waals surface area contributed by atoms with Crippen LogP contribution in [-0.4, -0.2) is 109 Å². The van der Waals surface area contributed by atoms with Crippen molar-refractivity contribution in [2.24, 2.45) is 0 Å². The van der Waals surface area contributed by atoms with E-state index in [-0.39, 0.29) is 12.1 Å². The zero-order valence-electron chi connectivity index (χ0n) is 54.5. The number of anilines is 5. The number of nitrogens with two attached hydrogens (primary N) is 1. The number of aldehydes is 2. The van der Waals surface area contributed by atoms with Crippen LogP contribution in [0.15, 0.2) is 146 Å². The molecular formula is C73H78Cl6N12O4. The lowest BCUT2D eigenvalue weighted by atomic mass is 10.0. The van der Waals surface area contributed by atoms with Crippen LogP contribution < -0.4 is 30.7 Å². The summed E-state index contributed by atoms with van der Waals surface area (Å²) >= 11 is 38.1. The summed E-state index contributed by atoms with van der Waals surface area (Å²) < 4.78 is 5.70. The summed E-state index contributed by atoms with van der Waals surface area (Å²) in [5, 5.41) is 7.07. The number of nitrogen functional groups attached to an aromatic ring is 1. The van der Waals surface area contributed by atoms with Crippen LogP contribution in [0.25, 0.3) is 33.8 Å². The molecule has 0 unspecified atom stereocenters. The Kier molecular flexibility index (Phi) is 26.6. The van der Waals surface area contributed by atoms with E-state index in [0.717, 1.165) is 123 Å². The summed E-state index contributed by atoms with van der Waals surface area (Å²) in [6.07, 6.45) is 13.9. The molecule has 6 aromatic carbocycles. The maximum atomic E-state index is 12.6. The predicted molar refractivity (Wildman–Crippen MR) is 390 cm³/mol. The summed E-state index contributed by atoms with van der Waals surface area (Å²) in [4.78, 5) is 70.3. The maximum Gasteiger partial charge on any atom is 0.326 e. The first kappa shape index (κ1) is 72.9. The first-order valence-electron chi connectivity index (χ1n) is 31.1. The van der Waals surface area contributed by atoms with Crippen molar-refractivity contribution in [3.63, 3.8) is 0 Å². The minimum absolute atomic E-state index is 0.0674. The Morgan fingerprint density at radius 1 is 0.526 bits per heavy atom. The van der Waals surface area contributed by atoms with Gasteiger partial charge in [-0.3, -0.25) is 4.79 Å². The van der Waals surface area contributed by atoms with E-state index in [1.807, 2.05) is 191 Å². The van der Waals surface area contributed by atoms with Gasteiger partial charge in [-0.25, -0.2) is 29.9 Å². The zero-order chi connectivity index (χ0) is 68.3. The number of rotatable bonds is 24. The molecule has 0 spiro atoms. The molecule has 496 valence electrons. The summed E-state index contributed by atoms with van der Waals surface area (Å²) in [5.41, 5.74) is 16.7. The molecule has 0 saturated heterocycles. The summed E-state index contributed by atoms with van der Waals surface area (Å²) in [6, 6.07) is 40.1. The SMILES string of the molecule is CC(C)(NCCc1cccc(-c2cnc(N)c(CCc3c(Cl)cccc3Cl)n2)c1)C(=O)OC1CCCC1.CN(C)c1ncc(-c2cccc(CC=O)c2)nc1N(C)Cc1c(Cl)cccc1Cl.CN(C)c1ncc(-c2cccc(CC=O)c2)nc1N(C)Cc1c(Cl)cccc1Cl. The lowest BCUT2D eigenvalue weighted by Crippen LogP contribution is -2.49.